The number of thiazole rings is 1. The molecule has 31 heavy (non-hydrogen) atoms. The average molecular weight is 435 g/mol. The Morgan fingerprint density at radius 1 is 1.06 bits per heavy atom. The van der Waals surface area contributed by atoms with Crippen LogP contribution < -0.4 is 20.1 Å². The van der Waals surface area contributed by atoms with Crippen LogP contribution in [0.1, 0.15) is 12.8 Å². The van der Waals surface area contributed by atoms with Crippen molar-refractivity contribution >= 4 is 22.2 Å². The van der Waals surface area contributed by atoms with Crippen molar-refractivity contribution in [3.05, 3.63) is 42.0 Å². The molecule has 0 saturated carbocycles. The molecule has 4 aromatic rings. The van der Waals surface area contributed by atoms with Crippen LogP contribution in [0.5, 0.6) is 11.5 Å². The van der Waals surface area contributed by atoms with Gasteiger partial charge in [0.15, 0.2) is 16.5 Å². The molecule has 8 nitrogen and oxygen atoms in total. The van der Waals surface area contributed by atoms with Crippen LogP contribution >= 0.6 is 11.3 Å². The first-order valence-corrected chi connectivity index (χ1v) is 11.4. The lowest BCUT2D eigenvalue weighted by Gasteiger charge is -2.23. The van der Waals surface area contributed by atoms with Gasteiger partial charge in [0.05, 0.1) is 11.4 Å². The van der Waals surface area contributed by atoms with E-state index in [9.17, 15) is 0 Å². The van der Waals surface area contributed by atoms with E-state index in [4.69, 9.17) is 19.4 Å². The fraction of sp³-hybridized carbons (Fsp3) is 0.318. The Bertz CT molecular complexity index is 1230. The second-order valence-corrected chi connectivity index (χ2v) is 8.53. The second kappa shape index (κ2) is 7.82. The smallest absolute Gasteiger partial charge is 0.223 e. The summed E-state index contributed by atoms with van der Waals surface area (Å²) in [5.41, 5.74) is 3.63. The third-order valence-corrected chi connectivity index (χ3v) is 6.40. The van der Waals surface area contributed by atoms with Crippen molar-refractivity contribution in [3.8, 4) is 34.1 Å². The van der Waals surface area contributed by atoms with E-state index in [2.05, 4.69) is 20.0 Å². The van der Waals surface area contributed by atoms with Gasteiger partial charge in [-0.25, -0.2) is 15.0 Å². The van der Waals surface area contributed by atoms with Crippen molar-refractivity contribution in [2.75, 3.05) is 31.6 Å². The second-order valence-electron chi connectivity index (χ2n) is 7.66. The van der Waals surface area contributed by atoms with Crippen molar-refractivity contribution < 1.29 is 9.47 Å². The van der Waals surface area contributed by atoms with Gasteiger partial charge < -0.3 is 20.1 Å². The summed E-state index contributed by atoms with van der Waals surface area (Å²) in [6, 6.07) is 8.31. The molecule has 1 saturated heterocycles. The SMILES string of the molecule is c1cc(-c2c(-c3ccc4c(c3)OCCO4)nc3sccn23)nc(NC2CCNCC2)n1. The number of ether oxygens (including phenoxy) is 2. The molecule has 2 aliphatic rings. The summed E-state index contributed by atoms with van der Waals surface area (Å²) in [6.07, 6.45) is 5.98. The number of benzene rings is 1. The van der Waals surface area contributed by atoms with Gasteiger partial charge >= 0.3 is 0 Å². The molecule has 0 bridgehead atoms. The van der Waals surface area contributed by atoms with E-state index >= 15 is 0 Å². The number of aromatic nitrogens is 4. The minimum absolute atomic E-state index is 0.389. The van der Waals surface area contributed by atoms with Crippen LogP contribution in [0.4, 0.5) is 5.95 Å². The molecule has 0 unspecified atom stereocenters. The largest absolute Gasteiger partial charge is 0.486 e. The van der Waals surface area contributed by atoms with Gasteiger partial charge in [-0.1, -0.05) is 0 Å². The van der Waals surface area contributed by atoms with E-state index in [1.807, 2.05) is 42.0 Å². The van der Waals surface area contributed by atoms with Crippen LogP contribution in [0.2, 0.25) is 0 Å². The van der Waals surface area contributed by atoms with Gasteiger partial charge in [-0.2, -0.15) is 0 Å². The summed E-state index contributed by atoms with van der Waals surface area (Å²) >= 11 is 1.60. The molecule has 0 spiro atoms. The van der Waals surface area contributed by atoms with Crippen LogP contribution in [0, 0.1) is 0 Å². The highest BCUT2D eigenvalue weighted by molar-refractivity contribution is 7.15. The standard InChI is InChI=1S/C22H22N6O2S/c1-2-17-18(30-11-10-29-17)13-14(1)19-20(28-9-12-31-22(28)27-19)16-5-8-24-21(26-16)25-15-3-6-23-7-4-15/h1-2,5,8-9,12-13,15,23H,3-4,6-7,10-11H2,(H,24,25,26). The highest BCUT2D eigenvalue weighted by atomic mass is 32.1. The molecule has 1 aromatic carbocycles. The first kappa shape index (κ1) is 18.6. The lowest BCUT2D eigenvalue weighted by molar-refractivity contribution is 0.171. The molecule has 0 amide bonds. The molecule has 1 fully saturated rings. The molecule has 0 atom stereocenters. The third-order valence-electron chi connectivity index (χ3n) is 5.65. The molecule has 2 aliphatic heterocycles. The van der Waals surface area contributed by atoms with Gasteiger partial charge in [0, 0.05) is 29.4 Å². The molecular weight excluding hydrogens is 412 g/mol. The summed E-state index contributed by atoms with van der Waals surface area (Å²) in [4.78, 5) is 15.2. The number of fused-ring (bicyclic) bond motifs is 2. The van der Waals surface area contributed by atoms with Crippen LogP contribution in [0.15, 0.2) is 42.0 Å². The van der Waals surface area contributed by atoms with Crippen LogP contribution in [0.25, 0.3) is 27.6 Å². The summed E-state index contributed by atoms with van der Waals surface area (Å²) in [5.74, 6) is 2.18. The Kier molecular flexibility index (Phi) is 4.69. The Morgan fingerprint density at radius 3 is 2.84 bits per heavy atom. The van der Waals surface area contributed by atoms with Gasteiger partial charge in [0.2, 0.25) is 5.95 Å². The normalized spacial score (nSPS) is 16.5. The number of anilines is 1. The maximum Gasteiger partial charge on any atom is 0.223 e. The van der Waals surface area contributed by atoms with E-state index in [1.165, 1.54) is 0 Å². The number of hydrogen-bond donors (Lipinski definition) is 2. The lowest BCUT2D eigenvalue weighted by Crippen LogP contribution is -2.35. The lowest BCUT2D eigenvalue weighted by atomic mass is 10.1. The minimum atomic E-state index is 0.389. The van der Waals surface area contributed by atoms with Crippen LogP contribution in [0.3, 0.4) is 0 Å². The number of rotatable bonds is 4. The molecule has 0 aliphatic carbocycles. The number of nitrogens with zero attached hydrogens (tertiary/aromatic N) is 4. The molecule has 3 aromatic heterocycles. The maximum absolute atomic E-state index is 5.79. The van der Waals surface area contributed by atoms with E-state index < -0.39 is 0 Å². The maximum atomic E-state index is 5.79. The fourth-order valence-corrected chi connectivity index (χ4v) is 4.85. The molecule has 6 rings (SSSR count). The zero-order valence-corrected chi connectivity index (χ0v) is 17.7. The monoisotopic (exact) mass is 434 g/mol. The topological polar surface area (TPSA) is 85.6 Å². The highest BCUT2D eigenvalue weighted by Crippen LogP contribution is 2.38. The molecule has 9 heteroatoms. The van der Waals surface area contributed by atoms with Gasteiger partial charge in [-0.3, -0.25) is 4.40 Å². The minimum Gasteiger partial charge on any atom is -0.486 e. The highest BCUT2D eigenvalue weighted by Gasteiger charge is 2.21. The summed E-state index contributed by atoms with van der Waals surface area (Å²) in [6.45, 7) is 3.17. The van der Waals surface area contributed by atoms with Crippen molar-refractivity contribution in [2.24, 2.45) is 0 Å². The number of imidazole rings is 1. The van der Waals surface area contributed by atoms with Gasteiger partial charge in [0.25, 0.3) is 0 Å². The van der Waals surface area contributed by atoms with Crippen LogP contribution in [-0.2, 0) is 0 Å². The van der Waals surface area contributed by atoms with Gasteiger partial charge in [0.1, 0.15) is 18.9 Å². The summed E-state index contributed by atoms with van der Waals surface area (Å²) < 4.78 is 13.6. The number of hydrogen-bond acceptors (Lipinski definition) is 8. The van der Waals surface area contributed by atoms with Crippen LogP contribution in [-0.4, -0.2) is 51.7 Å². The van der Waals surface area contributed by atoms with Crippen molar-refractivity contribution in [2.45, 2.75) is 18.9 Å². The molecular formula is C22H22N6O2S. The first-order chi connectivity index (χ1) is 15.3. The van der Waals surface area contributed by atoms with Gasteiger partial charge in [-0.15, -0.1) is 11.3 Å². The van der Waals surface area contributed by atoms with E-state index in [0.717, 1.165) is 65.0 Å². The fourth-order valence-electron chi connectivity index (χ4n) is 4.13. The third kappa shape index (κ3) is 3.49. The summed E-state index contributed by atoms with van der Waals surface area (Å²) in [5, 5.41) is 8.92. The predicted octanol–water partition coefficient (Wildman–Crippen LogP) is 3.45. The van der Waals surface area contributed by atoms with E-state index in [1.54, 1.807) is 11.3 Å². The zero-order valence-electron chi connectivity index (χ0n) is 16.9. The molecule has 158 valence electrons. The van der Waals surface area contributed by atoms with Crippen molar-refractivity contribution in [1.29, 1.82) is 0 Å². The Morgan fingerprint density at radius 2 is 1.94 bits per heavy atom. The quantitative estimate of drug-likeness (QED) is 0.509. The van der Waals surface area contributed by atoms with E-state index in [0.29, 0.717) is 25.2 Å². The number of nitrogens with one attached hydrogen (secondary N) is 2. The zero-order chi connectivity index (χ0) is 20.6. The van der Waals surface area contributed by atoms with Crippen molar-refractivity contribution in [3.63, 3.8) is 0 Å². The van der Waals surface area contributed by atoms with E-state index in [-0.39, 0.29) is 0 Å². The summed E-state index contributed by atoms with van der Waals surface area (Å²) in [7, 11) is 0. The Balaban J connectivity index is 1.42. The predicted molar refractivity (Wildman–Crippen MR) is 120 cm³/mol. The molecule has 5 heterocycles. The average Bonchev–Trinajstić information content (AvgIpc) is 3.41. The first-order valence-electron chi connectivity index (χ1n) is 10.5. The number of piperidine rings is 1. The molecule has 2 N–H and O–H groups in total. The Hall–Kier alpha value is -3.17. The molecule has 0 radical (unpaired) electrons. The van der Waals surface area contributed by atoms with Crippen molar-refractivity contribution in [1.82, 2.24) is 24.7 Å². The Labute approximate surface area is 183 Å². The van der Waals surface area contributed by atoms with Gasteiger partial charge in [-0.05, 0) is 50.2 Å².